The highest BCUT2D eigenvalue weighted by atomic mass is 16.2. The molecule has 1 aromatic heterocycles. The molecule has 2 unspecified atom stereocenters. The quantitative estimate of drug-likeness (QED) is 0.669. The van der Waals surface area contributed by atoms with Gasteiger partial charge in [-0.05, 0) is 17.7 Å². The second-order valence-corrected chi connectivity index (χ2v) is 6.15. The molecule has 2 N–H and O–H groups in total. The zero-order valence-corrected chi connectivity index (χ0v) is 12.5. The molecule has 0 saturated carbocycles. The SMILES string of the molecule is N#CC1C(=O)c2c([nH]c3ccccc23)C12C(=O)Nc1ccccc12. The van der Waals surface area contributed by atoms with E-state index in [2.05, 4.69) is 16.4 Å². The molecule has 1 spiro atoms. The lowest BCUT2D eigenvalue weighted by atomic mass is 9.72. The van der Waals surface area contributed by atoms with Gasteiger partial charge in [0, 0.05) is 27.8 Å². The molecule has 2 atom stereocenters. The average molecular weight is 313 g/mol. The molecule has 2 aromatic carbocycles. The van der Waals surface area contributed by atoms with Gasteiger partial charge < -0.3 is 10.3 Å². The monoisotopic (exact) mass is 313 g/mol. The molecular formula is C19H11N3O2. The number of amides is 1. The van der Waals surface area contributed by atoms with E-state index in [0.29, 0.717) is 22.5 Å². The first-order valence-electron chi connectivity index (χ1n) is 7.65. The summed E-state index contributed by atoms with van der Waals surface area (Å²) in [7, 11) is 0. The van der Waals surface area contributed by atoms with Crippen LogP contribution in [-0.2, 0) is 10.2 Å². The molecule has 0 radical (unpaired) electrons. The number of hydrogen-bond acceptors (Lipinski definition) is 3. The van der Waals surface area contributed by atoms with Crippen LogP contribution in [0.3, 0.4) is 0 Å². The smallest absolute Gasteiger partial charge is 0.242 e. The topological polar surface area (TPSA) is 85.8 Å². The number of anilines is 1. The Morgan fingerprint density at radius 2 is 1.79 bits per heavy atom. The maximum absolute atomic E-state index is 13.0. The number of nitriles is 1. The number of ketones is 1. The number of aromatic nitrogens is 1. The van der Waals surface area contributed by atoms with Crippen LogP contribution in [0.4, 0.5) is 5.69 Å². The molecule has 1 amide bonds. The van der Waals surface area contributed by atoms with Crippen molar-refractivity contribution in [3.8, 4) is 6.07 Å². The number of H-pyrrole nitrogens is 1. The summed E-state index contributed by atoms with van der Waals surface area (Å²) in [4.78, 5) is 29.2. The van der Waals surface area contributed by atoms with Crippen LogP contribution in [-0.4, -0.2) is 16.7 Å². The molecule has 5 rings (SSSR count). The van der Waals surface area contributed by atoms with E-state index in [0.717, 1.165) is 10.9 Å². The number of para-hydroxylation sites is 2. The van der Waals surface area contributed by atoms with Crippen molar-refractivity contribution in [1.82, 2.24) is 4.98 Å². The largest absolute Gasteiger partial charge is 0.357 e. The number of benzene rings is 2. The summed E-state index contributed by atoms with van der Waals surface area (Å²) < 4.78 is 0. The number of carbonyl (C=O) groups is 2. The Morgan fingerprint density at radius 1 is 1.04 bits per heavy atom. The zero-order chi connectivity index (χ0) is 16.5. The molecule has 1 aliphatic heterocycles. The summed E-state index contributed by atoms with van der Waals surface area (Å²) >= 11 is 0. The van der Waals surface area contributed by atoms with Crippen molar-refractivity contribution >= 4 is 28.3 Å². The molecule has 0 bridgehead atoms. The van der Waals surface area contributed by atoms with Crippen LogP contribution in [0.1, 0.15) is 21.6 Å². The maximum Gasteiger partial charge on any atom is 0.242 e. The number of rotatable bonds is 0. The summed E-state index contributed by atoms with van der Waals surface area (Å²) in [5.74, 6) is -1.68. The third-order valence-corrected chi connectivity index (χ3v) is 5.13. The molecule has 2 heterocycles. The third-order valence-electron chi connectivity index (χ3n) is 5.13. The number of hydrogen-bond donors (Lipinski definition) is 2. The Morgan fingerprint density at radius 3 is 2.62 bits per heavy atom. The van der Waals surface area contributed by atoms with Crippen molar-refractivity contribution in [3.63, 3.8) is 0 Å². The average Bonchev–Trinajstić information content (AvgIpc) is 3.19. The summed E-state index contributed by atoms with van der Waals surface area (Å²) in [6, 6.07) is 16.8. The fourth-order valence-electron chi connectivity index (χ4n) is 4.15. The molecule has 2 aliphatic rings. The van der Waals surface area contributed by atoms with Gasteiger partial charge in [-0.1, -0.05) is 36.4 Å². The first-order chi connectivity index (χ1) is 11.7. The van der Waals surface area contributed by atoms with E-state index in [9.17, 15) is 14.9 Å². The summed E-state index contributed by atoms with van der Waals surface area (Å²) in [6.45, 7) is 0. The Hall–Kier alpha value is -3.39. The summed E-state index contributed by atoms with van der Waals surface area (Å²) in [5, 5.41) is 13.3. The molecule has 114 valence electrons. The van der Waals surface area contributed by atoms with E-state index in [1.165, 1.54) is 0 Å². The molecule has 3 aromatic rings. The Balaban J connectivity index is 1.96. The van der Waals surface area contributed by atoms with Gasteiger partial charge in [0.1, 0.15) is 11.3 Å². The Labute approximate surface area is 136 Å². The van der Waals surface area contributed by atoms with Crippen LogP contribution in [0.5, 0.6) is 0 Å². The van der Waals surface area contributed by atoms with Gasteiger partial charge in [-0.3, -0.25) is 9.59 Å². The fraction of sp³-hybridized carbons (Fsp3) is 0.105. The molecule has 0 fully saturated rings. The highest BCUT2D eigenvalue weighted by Gasteiger charge is 2.63. The van der Waals surface area contributed by atoms with Crippen LogP contribution < -0.4 is 5.32 Å². The zero-order valence-electron chi connectivity index (χ0n) is 12.5. The van der Waals surface area contributed by atoms with Crippen LogP contribution in [0.2, 0.25) is 0 Å². The van der Waals surface area contributed by atoms with Crippen LogP contribution in [0, 0.1) is 17.2 Å². The minimum Gasteiger partial charge on any atom is -0.357 e. The predicted molar refractivity (Wildman–Crippen MR) is 87.6 cm³/mol. The van der Waals surface area contributed by atoms with E-state index < -0.39 is 11.3 Å². The van der Waals surface area contributed by atoms with Crippen molar-refractivity contribution < 1.29 is 9.59 Å². The number of fused-ring (bicyclic) bond motifs is 6. The van der Waals surface area contributed by atoms with E-state index >= 15 is 0 Å². The van der Waals surface area contributed by atoms with Crippen molar-refractivity contribution in [3.05, 3.63) is 65.4 Å². The Kier molecular flexibility index (Phi) is 2.25. The van der Waals surface area contributed by atoms with Gasteiger partial charge >= 0.3 is 0 Å². The molecule has 0 saturated heterocycles. The maximum atomic E-state index is 13.0. The molecule has 24 heavy (non-hydrogen) atoms. The lowest BCUT2D eigenvalue weighted by Gasteiger charge is -2.24. The molecule has 1 aliphatic carbocycles. The lowest BCUT2D eigenvalue weighted by Crippen LogP contribution is -2.41. The molecular weight excluding hydrogens is 302 g/mol. The normalized spacial score (nSPS) is 24.0. The van der Waals surface area contributed by atoms with Gasteiger partial charge in [0.15, 0.2) is 5.78 Å². The van der Waals surface area contributed by atoms with Crippen LogP contribution in [0.15, 0.2) is 48.5 Å². The van der Waals surface area contributed by atoms with Gasteiger partial charge in [-0.15, -0.1) is 0 Å². The van der Waals surface area contributed by atoms with E-state index in [1.807, 2.05) is 42.5 Å². The van der Waals surface area contributed by atoms with Gasteiger partial charge in [-0.25, -0.2) is 0 Å². The second-order valence-electron chi connectivity index (χ2n) is 6.15. The number of Topliss-reactive ketones (excluding diaryl/α,β-unsaturated/α-hetero) is 1. The van der Waals surface area contributed by atoms with Crippen LogP contribution >= 0.6 is 0 Å². The number of carbonyl (C=O) groups excluding carboxylic acids is 2. The van der Waals surface area contributed by atoms with E-state index in [4.69, 9.17) is 0 Å². The summed E-state index contributed by atoms with van der Waals surface area (Å²) in [5.41, 5.74) is 1.83. The van der Waals surface area contributed by atoms with Gasteiger partial charge in [0.25, 0.3) is 0 Å². The third kappa shape index (κ3) is 1.23. The molecule has 5 nitrogen and oxygen atoms in total. The minimum atomic E-state index is -1.29. The number of nitrogens with one attached hydrogen (secondary N) is 2. The number of aromatic amines is 1. The van der Waals surface area contributed by atoms with Crippen LogP contribution in [0.25, 0.3) is 10.9 Å². The van der Waals surface area contributed by atoms with Crippen molar-refractivity contribution in [2.24, 2.45) is 5.92 Å². The first kappa shape index (κ1) is 13.1. The predicted octanol–water partition coefficient (Wildman–Crippen LogP) is 2.74. The first-order valence-corrected chi connectivity index (χ1v) is 7.65. The van der Waals surface area contributed by atoms with Gasteiger partial charge in [-0.2, -0.15) is 5.26 Å². The number of nitrogens with zero attached hydrogens (tertiary/aromatic N) is 1. The highest BCUT2D eigenvalue weighted by molar-refractivity contribution is 6.23. The van der Waals surface area contributed by atoms with E-state index in [-0.39, 0.29) is 11.7 Å². The molecule has 5 heteroatoms. The standard InChI is InChI=1S/C19H11N3O2/c20-9-12-16(23)15-10-5-1-3-7-13(10)21-17(15)19(12)11-6-2-4-8-14(11)22-18(19)24/h1-8,12,21H,(H,22,24). The highest BCUT2D eigenvalue weighted by Crippen LogP contribution is 2.54. The fourth-order valence-corrected chi connectivity index (χ4v) is 4.15. The van der Waals surface area contributed by atoms with Crippen molar-refractivity contribution in [1.29, 1.82) is 5.26 Å². The van der Waals surface area contributed by atoms with Crippen molar-refractivity contribution in [2.45, 2.75) is 5.41 Å². The van der Waals surface area contributed by atoms with Gasteiger partial charge in [0.05, 0.1) is 6.07 Å². The minimum absolute atomic E-state index is 0.295. The second kappa shape index (κ2) is 4.12. The van der Waals surface area contributed by atoms with Gasteiger partial charge in [0.2, 0.25) is 5.91 Å². The Bertz CT molecular complexity index is 1110. The summed E-state index contributed by atoms with van der Waals surface area (Å²) in [6.07, 6.45) is 0. The van der Waals surface area contributed by atoms with Crippen molar-refractivity contribution in [2.75, 3.05) is 5.32 Å². The lowest BCUT2D eigenvalue weighted by molar-refractivity contribution is -0.120. The van der Waals surface area contributed by atoms with E-state index in [1.54, 1.807) is 6.07 Å².